The van der Waals surface area contributed by atoms with E-state index in [1.54, 1.807) is 6.07 Å². The number of nitrogens with zero attached hydrogens (tertiary/aromatic N) is 1. The Labute approximate surface area is 205 Å². The Hall–Kier alpha value is -2.75. The van der Waals surface area contributed by atoms with Gasteiger partial charge in [0.05, 0.1) is 17.5 Å². The van der Waals surface area contributed by atoms with Crippen molar-refractivity contribution in [2.75, 3.05) is 19.6 Å². The van der Waals surface area contributed by atoms with E-state index in [4.69, 9.17) is 4.74 Å². The molecule has 1 atom stereocenters. The van der Waals surface area contributed by atoms with Gasteiger partial charge in [0.2, 0.25) is 0 Å². The van der Waals surface area contributed by atoms with Gasteiger partial charge in [-0.3, -0.25) is 9.69 Å². The average molecular weight is 515 g/mol. The van der Waals surface area contributed by atoms with Crippen LogP contribution in [0.1, 0.15) is 50.2 Å². The molecule has 0 radical (unpaired) electrons. The summed E-state index contributed by atoms with van der Waals surface area (Å²) in [5.41, 5.74) is -2.29. The third-order valence-corrected chi connectivity index (χ3v) is 7.02. The Balaban J connectivity index is 1.46. The predicted molar refractivity (Wildman–Crippen MR) is 120 cm³/mol. The maximum atomic E-state index is 13.5. The number of piperidine rings is 1. The van der Waals surface area contributed by atoms with E-state index in [2.05, 4.69) is 4.74 Å². The van der Waals surface area contributed by atoms with Gasteiger partial charge >= 0.3 is 12.5 Å². The van der Waals surface area contributed by atoms with Gasteiger partial charge in [-0.05, 0) is 69.5 Å². The minimum Gasteiger partial charge on any atom is -0.486 e. The van der Waals surface area contributed by atoms with Gasteiger partial charge in [0.15, 0.2) is 5.78 Å². The second-order valence-electron chi connectivity index (χ2n) is 9.79. The van der Waals surface area contributed by atoms with Crippen LogP contribution < -0.4 is 9.47 Å². The van der Waals surface area contributed by atoms with Gasteiger partial charge < -0.3 is 9.47 Å². The molecule has 0 spiro atoms. The highest BCUT2D eigenvalue weighted by molar-refractivity contribution is 5.93. The molecule has 4 nitrogen and oxygen atoms in total. The minimum atomic E-state index is -4.87. The summed E-state index contributed by atoms with van der Waals surface area (Å²) in [6.45, 7) is 2.84. The molecule has 0 aromatic heterocycles. The molecule has 0 bridgehead atoms. The number of carbonyl (C=O) groups excluding carboxylic acids is 1. The standard InChI is InChI=1S/C26H27F6NO3/c1-23(35-19-10-8-18(9-11-19)25(27,28)29)12-5-15-33(17-23)16-22(34)24(13-4-14-24)20-6-2-3-7-21(20)36-26(30,31)32/h2-3,6-11H,4-5,12-17H2,1H3/t23-/m0/s1. The lowest BCUT2D eigenvalue weighted by atomic mass is 9.61. The number of hydrogen-bond acceptors (Lipinski definition) is 4. The molecule has 2 aliphatic rings. The average Bonchev–Trinajstić information content (AvgIpc) is 2.72. The van der Waals surface area contributed by atoms with Crippen LogP contribution in [0.2, 0.25) is 0 Å². The number of carbonyl (C=O) groups is 1. The molecule has 0 N–H and O–H groups in total. The molecule has 10 heteroatoms. The largest absolute Gasteiger partial charge is 0.573 e. The zero-order valence-electron chi connectivity index (χ0n) is 19.7. The number of hydrogen-bond donors (Lipinski definition) is 0. The SMILES string of the molecule is C[C@]1(Oc2ccc(C(F)(F)F)cc2)CCCN(CC(=O)C2(c3ccccc3OC(F)(F)F)CCC2)C1. The summed E-state index contributed by atoms with van der Waals surface area (Å²) in [5.74, 6) is -0.231. The third-order valence-electron chi connectivity index (χ3n) is 7.02. The predicted octanol–water partition coefficient (Wildman–Crippen LogP) is 6.53. The first kappa shape index (κ1) is 26.3. The van der Waals surface area contributed by atoms with E-state index in [1.165, 1.54) is 30.3 Å². The molecule has 0 unspecified atom stereocenters. The van der Waals surface area contributed by atoms with Crippen molar-refractivity contribution in [3.63, 3.8) is 0 Å². The summed E-state index contributed by atoms with van der Waals surface area (Å²) in [6, 6.07) is 10.3. The highest BCUT2D eigenvalue weighted by atomic mass is 19.4. The van der Waals surface area contributed by atoms with E-state index in [1.807, 2.05) is 11.8 Å². The van der Waals surface area contributed by atoms with Crippen LogP contribution in [0.25, 0.3) is 0 Å². The van der Waals surface area contributed by atoms with Gasteiger partial charge in [0.1, 0.15) is 17.1 Å². The molecule has 0 amide bonds. The molecule has 2 aromatic carbocycles. The number of halogens is 6. The van der Waals surface area contributed by atoms with Crippen LogP contribution in [-0.4, -0.2) is 42.3 Å². The van der Waals surface area contributed by atoms with Gasteiger partial charge in [0, 0.05) is 12.1 Å². The second-order valence-corrected chi connectivity index (χ2v) is 9.79. The van der Waals surface area contributed by atoms with Crippen LogP contribution in [0.4, 0.5) is 26.3 Å². The number of benzene rings is 2. The van der Waals surface area contributed by atoms with Crippen LogP contribution in [0.5, 0.6) is 11.5 Å². The van der Waals surface area contributed by atoms with E-state index in [0.29, 0.717) is 44.5 Å². The molecule has 196 valence electrons. The number of rotatable bonds is 7. The quantitative estimate of drug-likeness (QED) is 0.393. The lowest BCUT2D eigenvalue weighted by Gasteiger charge is -2.45. The monoisotopic (exact) mass is 515 g/mol. The Kier molecular flexibility index (Phi) is 7.02. The maximum absolute atomic E-state index is 13.5. The highest BCUT2D eigenvalue weighted by Gasteiger charge is 2.49. The summed E-state index contributed by atoms with van der Waals surface area (Å²) in [4.78, 5) is 15.4. The van der Waals surface area contributed by atoms with Crippen molar-refractivity contribution < 1.29 is 40.6 Å². The molecule has 1 aliphatic carbocycles. The van der Waals surface area contributed by atoms with Crippen molar-refractivity contribution >= 4 is 5.78 Å². The van der Waals surface area contributed by atoms with Crippen molar-refractivity contribution in [2.45, 2.75) is 62.6 Å². The van der Waals surface area contributed by atoms with Gasteiger partial charge in [-0.2, -0.15) is 13.2 Å². The summed E-state index contributed by atoms with van der Waals surface area (Å²) < 4.78 is 87.7. The fourth-order valence-electron chi connectivity index (χ4n) is 5.18. The van der Waals surface area contributed by atoms with E-state index in [-0.39, 0.29) is 23.6 Å². The Morgan fingerprint density at radius 2 is 1.61 bits per heavy atom. The van der Waals surface area contributed by atoms with E-state index in [0.717, 1.165) is 18.6 Å². The molecule has 1 saturated heterocycles. The first-order valence-electron chi connectivity index (χ1n) is 11.8. The van der Waals surface area contributed by atoms with Crippen molar-refractivity contribution in [2.24, 2.45) is 0 Å². The summed E-state index contributed by atoms with van der Waals surface area (Å²) in [6.07, 6.45) is -6.35. The Morgan fingerprint density at radius 1 is 0.944 bits per heavy atom. The lowest BCUT2D eigenvalue weighted by Crippen LogP contribution is -2.54. The Bertz CT molecular complexity index is 1080. The number of para-hydroxylation sites is 1. The molecule has 36 heavy (non-hydrogen) atoms. The lowest BCUT2D eigenvalue weighted by molar-refractivity contribution is -0.275. The zero-order valence-corrected chi connectivity index (χ0v) is 19.7. The van der Waals surface area contributed by atoms with Crippen molar-refractivity contribution in [3.8, 4) is 11.5 Å². The fourth-order valence-corrected chi connectivity index (χ4v) is 5.18. The highest BCUT2D eigenvalue weighted by Crippen LogP contribution is 2.49. The van der Waals surface area contributed by atoms with Gasteiger partial charge in [-0.1, -0.05) is 24.6 Å². The molecular weight excluding hydrogens is 488 g/mol. The van der Waals surface area contributed by atoms with Crippen molar-refractivity contribution in [1.82, 2.24) is 4.90 Å². The number of Topliss-reactive ketones (excluding diaryl/α,β-unsaturated/α-hetero) is 1. The number of likely N-dealkylation sites (tertiary alicyclic amines) is 1. The number of alkyl halides is 6. The van der Waals surface area contributed by atoms with Crippen molar-refractivity contribution in [3.05, 3.63) is 59.7 Å². The molecule has 1 aliphatic heterocycles. The third kappa shape index (κ3) is 5.79. The normalized spacial score (nSPS) is 22.5. The summed E-state index contributed by atoms with van der Waals surface area (Å²) in [5, 5.41) is 0. The number of ketones is 1. The molecule has 4 rings (SSSR count). The van der Waals surface area contributed by atoms with E-state index >= 15 is 0 Å². The van der Waals surface area contributed by atoms with Crippen LogP contribution >= 0.6 is 0 Å². The van der Waals surface area contributed by atoms with Crippen LogP contribution in [0, 0.1) is 0 Å². The molecule has 2 fully saturated rings. The van der Waals surface area contributed by atoms with Gasteiger partial charge in [0.25, 0.3) is 0 Å². The second kappa shape index (κ2) is 9.61. The maximum Gasteiger partial charge on any atom is 0.573 e. The van der Waals surface area contributed by atoms with Crippen molar-refractivity contribution in [1.29, 1.82) is 0 Å². The van der Waals surface area contributed by atoms with E-state index < -0.39 is 29.1 Å². The number of ether oxygens (including phenoxy) is 2. The zero-order chi connectivity index (χ0) is 26.2. The van der Waals surface area contributed by atoms with E-state index in [9.17, 15) is 31.1 Å². The summed E-state index contributed by atoms with van der Waals surface area (Å²) in [7, 11) is 0. The van der Waals surface area contributed by atoms with Crippen LogP contribution in [-0.2, 0) is 16.4 Å². The summed E-state index contributed by atoms with van der Waals surface area (Å²) >= 11 is 0. The van der Waals surface area contributed by atoms with Gasteiger partial charge in [-0.15, -0.1) is 13.2 Å². The molecule has 1 heterocycles. The first-order chi connectivity index (χ1) is 16.8. The molecular formula is C26H27F6NO3. The topological polar surface area (TPSA) is 38.8 Å². The molecule has 2 aromatic rings. The molecule has 1 saturated carbocycles. The Morgan fingerprint density at radius 3 is 2.19 bits per heavy atom. The fraction of sp³-hybridized carbons (Fsp3) is 0.500. The minimum absolute atomic E-state index is 0.0340. The first-order valence-corrected chi connectivity index (χ1v) is 11.8. The smallest absolute Gasteiger partial charge is 0.486 e. The van der Waals surface area contributed by atoms with Gasteiger partial charge in [-0.25, -0.2) is 0 Å². The van der Waals surface area contributed by atoms with Crippen LogP contribution in [0.3, 0.4) is 0 Å². The van der Waals surface area contributed by atoms with Crippen LogP contribution in [0.15, 0.2) is 48.5 Å².